The summed E-state index contributed by atoms with van der Waals surface area (Å²) in [6.45, 7) is 6.47. The molecule has 1 heterocycles. The minimum Gasteiger partial charge on any atom is -0.351 e. The molecule has 0 atom stereocenters. The molecule has 1 aromatic carbocycles. The monoisotopic (exact) mass is 341 g/mol. The molecule has 0 aliphatic heterocycles. The summed E-state index contributed by atoms with van der Waals surface area (Å²) in [5.74, 6) is 0.550. The number of amides is 1. The molecule has 6 nitrogen and oxygen atoms in total. The van der Waals surface area contributed by atoms with Crippen molar-refractivity contribution < 1.29 is 4.79 Å². The molecule has 0 fully saturated rings. The van der Waals surface area contributed by atoms with Gasteiger partial charge in [-0.3, -0.25) is 4.79 Å². The Morgan fingerprint density at radius 2 is 1.96 bits per heavy atom. The highest BCUT2D eigenvalue weighted by atomic mass is 16.1. The minimum atomic E-state index is -0.184. The van der Waals surface area contributed by atoms with Crippen LogP contribution in [-0.4, -0.2) is 54.7 Å². The predicted molar refractivity (Wildman–Crippen MR) is 101 cm³/mol. The topological polar surface area (TPSA) is 61.4 Å². The molecule has 0 aliphatic rings. The lowest BCUT2D eigenvalue weighted by Gasteiger charge is -2.22. The number of aromatic nitrogens is 2. The Bertz CT molecular complexity index is 684. The van der Waals surface area contributed by atoms with Crippen molar-refractivity contribution in [3.63, 3.8) is 0 Å². The summed E-state index contributed by atoms with van der Waals surface area (Å²) in [6.07, 6.45) is 0.904. The number of hydrogen-bond acceptors (Lipinski definition) is 5. The van der Waals surface area contributed by atoms with Crippen LogP contribution >= 0.6 is 0 Å². The van der Waals surface area contributed by atoms with E-state index in [-0.39, 0.29) is 5.91 Å². The van der Waals surface area contributed by atoms with Crippen LogP contribution in [0.15, 0.2) is 36.4 Å². The van der Waals surface area contributed by atoms with E-state index < -0.39 is 0 Å². The number of nitrogens with one attached hydrogen (secondary N) is 1. The van der Waals surface area contributed by atoms with Crippen molar-refractivity contribution in [1.29, 1.82) is 0 Å². The molecule has 1 N–H and O–H groups in total. The number of anilines is 2. The molecule has 0 spiro atoms. The molecule has 1 aromatic heterocycles. The Balaban J connectivity index is 2.01. The maximum absolute atomic E-state index is 12.1. The maximum Gasteiger partial charge on any atom is 0.271 e. The molecule has 6 heteroatoms. The number of carbonyl (C=O) groups excluding carboxylic acids is 1. The smallest absolute Gasteiger partial charge is 0.271 e. The molecule has 0 radical (unpaired) electrons. The number of hydrogen-bond donors (Lipinski definition) is 1. The van der Waals surface area contributed by atoms with Crippen LogP contribution in [0.5, 0.6) is 0 Å². The summed E-state index contributed by atoms with van der Waals surface area (Å²) in [6, 6.07) is 11.8. The molecule has 0 unspecified atom stereocenters. The first-order chi connectivity index (χ1) is 12.0. The van der Waals surface area contributed by atoms with Crippen molar-refractivity contribution in [2.45, 2.75) is 20.3 Å². The molecule has 0 bridgehead atoms. The van der Waals surface area contributed by atoms with Gasteiger partial charge >= 0.3 is 0 Å². The summed E-state index contributed by atoms with van der Waals surface area (Å²) in [7, 11) is 4.03. The second-order valence-electron chi connectivity index (χ2n) is 6.27. The van der Waals surface area contributed by atoms with E-state index in [0.717, 1.165) is 31.0 Å². The van der Waals surface area contributed by atoms with Gasteiger partial charge in [-0.05, 0) is 70.7 Å². The third kappa shape index (κ3) is 5.53. The summed E-state index contributed by atoms with van der Waals surface area (Å²) in [5.41, 5.74) is 2.60. The Morgan fingerprint density at radius 3 is 2.56 bits per heavy atom. The van der Waals surface area contributed by atoms with Gasteiger partial charge in [0.1, 0.15) is 0 Å². The highest BCUT2D eigenvalue weighted by Crippen LogP contribution is 2.23. The van der Waals surface area contributed by atoms with Gasteiger partial charge in [-0.25, -0.2) is 0 Å². The number of nitrogens with zero attached hydrogens (tertiary/aromatic N) is 4. The lowest BCUT2D eigenvalue weighted by molar-refractivity contribution is 0.0946. The van der Waals surface area contributed by atoms with Crippen LogP contribution in [0.3, 0.4) is 0 Å². The van der Waals surface area contributed by atoms with Gasteiger partial charge in [0.25, 0.3) is 5.91 Å². The van der Waals surface area contributed by atoms with Gasteiger partial charge in [0, 0.05) is 18.8 Å². The maximum atomic E-state index is 12.1. The SMILES string of the molecule is CCN(c1cccc(C)c1)c1ccc(C(=O)NCCCN(C)C)nn1. The van der Waals surface area contributed by atoms with Crippen LogP contribution in [0.25, 0.3) is 0 Å². The average molecular weight is 341 g/mol. The van der Waals surface area contributed by atoms with Gasteiger partial charge < -0.3 is 15.1 Å². The molecule has 1 amide bonds. The van der Waals surface area contributed by atoms with Crippen molar-refractivity contribution >= 4 is 17.4 Å². The Labute approximate surface area is 149 Å². The van der Waals surface area contributed by atoms with Crippen molar-refractivity contribution in [1.82, 2.24) is 20.4 Å². The van der Waals surface area contributed by atoms with Crippen LogP contribution in [0.2, 0.25) is 0 Å². The first kappa shape index (κ1) is 18.9. The Morgan fingerprint density at radius 1 is 1.16 bits per heavy atom. The number of carbonyl (C=O) groups is 1. The lowest BCUT2D eigenvalue weighted by Crippen LogP contribution is -2.28. The highest BCUT2D eigenvalue weighted by molar-refractivity contribution is 5.92. The average Bonchev–Trinajstić information content (AvgIpc) is 2.60. The highest BCUT2D eigenvalue weighted by Gasteiger charge is 2.12. The van der Waals surface area contributed by atoms with Crippen molar-refractivity contribution in [3.8, 4) is 0 Å². The summed E-state index contributed by atoms with van der Waals surface area (Å²) >= 11 is 0. The van der Waals surface area contributed by atoms with E-state index in [2.05, 4.69) is 51.3 Å². The zero-order valence-electron chi connectivity index (χ0n) is 15.5. The third-order valence-corrected chi connectivity index (χ3v) is 3.86. The summed E-state index contributed by atoms with van der Waals surface area (Å²) < 4.78 is 0. The Kier molecular flexibility index (Phi) is 6.89. The fraction of sp³-hybridized carbons (Fsp3) is 0.421. The van der Waals surface area contributed by atoms with E-state index >= 15 is 0 Å². The second kappa shape index (κ2) is 9.13. The van der Waals surface area contributed by atoms with Crippen molar-refractivity contribution in [2.24, 2.45) is 0 Å². The van der Waals surface area contributed by atoms with Crippen molar-refractivity contribution in [2.75, 3.05) is 38.6 Å². The fourth-order valence-corrected chi connectivity index (χ4v) is 2.55. The molecule has 0 saturated carbocycles. The van der Waals surface area contributed by atoms with Gasteiger partial charge in [0.05, 0.1) is 0 Å². The molecular weight excluding hydrogens is 314 g/mol. The zero-order chi connectivity index (χ0) is 18.2. The van der Waals surface area contributed by atoms with E-state index in [9.17, 15) is 4.79 Å². The fourth-order valence-electron chi connectivity index (χ4n) is 2.55. The van der Waals surface area contributed by atoms with E-state index in [1.54, 1.807) is 6.07 Å². The lowest BCUT2D eigenvalue weighted by atomic mass is 10.2. The van der Waals surface area contributed by atoms with Crippen LogP contribution in [0.1, 0.15) is 29.4 Å². The van der Waals surface area contributed by atoms with Gasteiger partial charge in [0.2, 0.25) is 0 Å². The number of rotatable bonds is 8. The van der Waals surface area contributed by atoms with E-state index in [1.165, 1.54) is 5.56 Å². The molecular formula is C19H27N5O. The zero-order valence-corrected chi connectivity index (χ0v) is 15.5. The Hall–Kier alpha value is -2.47. The molecule has 2 aromatic rings. The summed E-state index contributed by atoms with van der Waals surface area (Å²) in [4.78, 5) is 16.3. The number of benzene rings is 1. The van der Waals surface area contributed by atoms with Gasteiger partial charge in [0.15, 0.2) is 11.5 Å². The molecule has 25 heavy (non-hydrogen) atoms. The van der Waals surface area contributed by atoms with E-state index in [0.29, 0.717) is 12.2 Å². The normalized spacial score (nSPS) is 10.8. The third-order valence-electron chi connectivity index (χ3n) is 3.86. The first-order valence-electron chi connectivity index (χ1n) is 8.62. The predicted octanol–water partition coefficient (Wildman–Crippen LogP) is 2.62. The molecule has 2 rings (SSSR count). The van der Waals surface area contributed by atoms with Crippen molar-refractivity contribution in [3.05, 3.63) is 47.7 Å². The molecule has 0 aliphatic carbocycles. The van der Waals surface area contributed by atoms with Gasteiger partial charge in [-0.1, -0.05) is 12.1 Å². The largest absolute Gasteiger partial charge is 0.351 e. The molecule has 0 saturated heterocycles. The quantitative estimate of drug-likeness (QED) is 0.748. The van der Waals surface area contributed by atoms with E-state index in [4.69, 9.17) is 0 Å². The number of aryl methyl sites for hydroxylation is 1. The van der Waals surface area contributed by atoms with Crippen LogP contribution in [-0.2, 0) is 0 Å². The second-order valence-corrected chi connectivity index (χ2v) is 6.27. The molecule has 134 valence electrons. The first-order valence-corrected chi connectivity index (χ1v) is 8.62. The summed E-state index contributed by atoms with van der Waals surface area (Å²) in [5, 5.41) is 11.2. The minimum absolute atomic E-state index is 0.184. The van der Waals surface area contributed by atoms with Crippen LogP contribution < -0.4 is 10.2 Å². The van der Waals surface area contributed by atoms with Crippen LogP contribution in [0.4, 0.5) is 11.5 Å². The van der Waals surface area contributed by atoms with Gasteiger partial charge in [-0.15, -0.1) is 10.2 Å². The standard InChI is InChI=1S/C19H27N5O/c1-5-24(16-9-6-8-15(2)14-16)18-11-10-17(21-22-18)19(25)20-12-7-13-23(3)4/h6,8-11,14H,5,7,12-13H2,1-4H3,(H,20,25). The van der Waals surface area contributed by atoms with Crippen LogP contribution in [0, 0.1) is 6.92 Å². The van der Waals surface area contributed by atoms with Gasteiger partial charge in [-0.2, -0.15) is 0 Å². The van der Waals surface area contributed by atoms with E-state index in [1.807, 2.05) is 32.3 Å².